The van der Waals surface area contributed by atoms with Crippen molar-refractivity contribution in [3.8, 4) is 5.75 Å². The highest BCUT2D eigenvalue weighted by atomic mass is 79.9. The van der Waals surface area contributed by atoms with Gasteiger partial charge in [-0.05, 0) is 34.8 Å². The summed E-state index contributed by atoms with van der Waals surface area (Å²) in [4.78, 5) is 10.3. The topological polar surface area (TPSA) is 102 Å². The number of nitrogens with one attached hydrogen (secondary N) is 1. The first-order chi connectivity index (χ1) is 9.25. The Balaban J connectivity index is 2.57. The largest absolute Gasteiger partial charge is 0.492 e. The average molecular weight is 344 g/mol. The third-order valence-electron chi connectivity index (χ3n) is 3.07. The zero-order chi connectivity index (χ0) is 15.3. The summed E-state index contributed by atoms with van der Waals surface area (Å²) in [5, 5.41) is 18.3. The van der Waals surface area contributed by atoms with Gasteiger partial charge in [0.2, 0.25) is 0 Å². The van der Waals surface area contributed by atoms with Crippen molar-refractivity contribution in [3.63, 3.8) is 0 Å². The van der Waals surface area contributed by atoms with Crippen LogP contribution in [0.4, 0.5) is 5.69 Å². The maximum absolute atomic E-state index is 10.8. The van der Waals surface area contributed by atoms with Gasteiger partial charge in [0.25, 0.3) is 5.69 Å². The number of benzene rings is 1. The summed E-state index contributed by atoms with van der Waals surface area (Å²) in [6, 6.07) is 4.67. The molecule has 0 spiro atoms. The van der Waals surface area contributed by atoms with Crippen molar-refractivity contribution in [1.82, 2.24) is 0 Å². The Labute approximate surface area is 126 Å². The molecule has 20 heavy (non-hydrogen) atoms. The Bertz CT molecular complexity index is 518. The second-order valence-electron chi connectivity index (χ2n) is 5.10. The van der Waals surface area contributed by atoms with Crippen molar-refractivity contribution < 1.29 is 9.66 Å². The van der Waals surface area contributed by atoms with E-state index in [9.17, 15) is 10.1 Å². The third-order valence-corrected chi connectivity index (χ3v) is 3.87. The van der Waals surface area contributed by atoms with Crippen LogP contribution in [0.15, 0.2) is 22.7 Å². The maximum atomic E-state index is 10.8. The minimum absolute atomic E-state index is 0.0217. The van der Waals surface area contributed by atoms with Crippen molar-refractivity contribution in [2.24, 2.45) is 11.1 Å². The number of nitro benzene ring substituents is 1. The lowest BCUT2D eigenvalue weighted by Gasteiger charge is -2.22. The molecule has 0 bridgehead atoms. The summed E-state index contributed by atoms with van der Waals surface area (Å²) in [5.74, 6) is 0.592. The molecule has 1 aromatic rings. The highest BCUT2D eigenvalue weighted by molar-refractivity contribution is 9.10. The fourth-order valence-corrected chi connectivity index (χ4v) is 2.11. The molecule has 0 aliphatic rings. The first-order valence-corrected chi connectivity index (χ1v) is 6.95. The fourth-order valence-electron chi connectivity index (χ4n) is 1.58. The van der Waals surface area contributed by atoms with Crippen molar-refractivity contribution >= 4 is 27.5 Å². The molecule has 0 unspecified atom stereocenters. The number of nitro groups is 1. The summed E-state index contributed by atoms with van der Waals surface area (Å²) in [5.41, 5.74) is 5.12. The van der Waals surface area contributed by atoms with Crippen LogP contribution >= 0.6 is 15.9 Å². The summed E-state index contributed by atoms with van der Waals surface area (Å²) in [7, 11) is 0. The number of hydrogen-bond acceptors (Lipinski definition) is 4. The Morgan fingerprint density at radius 1 is 1.55 bits per heavy atom. The maximum Gasteiger partial charge on any atom is 0.287 e. The lowest BCUT2D eigenvalue weighted by atomic mass is 9.87. The Morgan fingerprint density at radius 3 is 2.75 bits per heavy atom. The van der Waals surface area contributed by atoms with Gasteiger partial charge in [0.05, 0.1) is 17.4 Å². The lowest BCUT2D eigenvalue weighted by molar-refractivity contribution is -0.385. The molecule has 7 heteroatoms. The van der Waals surface area contributed by atoms with Crippen LogP contribution in [0.1, 0.15) is 26.7 Å². The molecule has 0 heterocycles. The molecular weight excluding hydrogens is 326 g/mol. The molecule has 0 aliphatic heterocycles. The van der Waals surface area contributed by atoms with E-state index in [0.29, 0.717) is 23.2 Å². The van der Waals surface area contributed by atoms with Crippen molar-refractivity contribution in [3.05, 3.63) is 32.8 Å². The van der Waals surface area contributed by atoms with E-state index in [1.54, 1.807) is 12.1 Å². The van der Waals surface area contributed by atoms with Gasteiger partial charge in [-0.3, -0.25) is 15.5 Å². The van der Waals surface area contributed by atoms with Crippen LogP contribution in [-0.2, 0) is 0 Å². The van der Waals surface area contributed by atoms with Gasteiger partial charge in [-0.15, -0.1) is 0 Å². The van der Waals surface area contributed by atoms with Crippen LogP contribution in [-0.4, -0.2) is 17.4 Å². The number of ether oxygens (including phenoxy) is 1. The predicted octanol–water partition coefficient (Wildman–Crippen LogP) is 3.48. The molecule has 0 aliphatic carbocycles. The molecule has 1 aromatic carbocycles. The number of amidine groups is 1. The highest BCUT2D eigenvalue weighted by Gasteiger charge is 2.21. The van der Waals surface area contributed by atoms with Crippen LogP contribution in [0, 0.1) is 20.9 Å². The van der Waals surface area contributed by atoms with Gasteiger partial charge >= 0.3 is 0 Å². The predicted molar refractivity (Wildman–Crippen MR) is 81.2 cm³/mol. The Kier molecular flexibility index (Phi) is 5.50. The van der Waals surface area contributed by atoms with E-state index in [1.807, 2.05) is 13.8 Å². The lowest BCUT2D eigenvalue weighted by Crippen LogP contribution is -2.31. The molecule has 0 aromatic heterocycles. The zero-order valence-corrected chi connectivity index (χ0v) is 13.1. The smallest absolute Gasteiger partial charge is 0.287 e. The van der Waals surface area contributed by atoms with Crippen molar-refractivity contribution in [2.45, 2.75) is 26.7 Å². The first-order valence-electron chi connectivity index (χ1n) is 6.16. The van der Waals surface area contributed by atoms with Gasteiger partial charge in [-0.25, -0.2) is 0 Å². The quantitative estimate of drug-likeness (QED) is 0.260. The Morgan fingerprint density at radius 2 is 2.20 bits per heavy atom. The molecule has 0 saturated heterocycles. The normalized spacial score (nSPS) is 11.2. The number of nitrogens with two attached hydrogens (primary N) is 1. The molecule has 0 atom stereocenters. The van der Waals surface area contributed by atoms with Gasteiger partial charge < -0.3 is 10.5 Å². The number of nitrogens with zero attached hydrogens (tertiary/aromatic N) is 1. The van der Waals surface area contributed by atoms with E-state index in [4.69, 9.17) is 15.9 Å². The monoisotopic (exact) mass is 343 g/mol. The molecule has 0 amide bonds. The van der Waals surface area contributed by atoms with Gasteiger partial charge in [0.1, 0.15) is 10.2 Å². The van der Waals surface area contributed by atoms with E-state index in [2.05, 4.69) is 15.9 Å². The average Bonchev–Trinajstić information content (AvgIpc) is 2.35. The zero-order valence-electron chi connectivity index (χ0n) is 11.5. The molecule has 1 rings (SSSR count). The van der Waals surface area contributed by atoms with Gasteiger partial charge in [0, 0.05) is 11.5 Å². The van der Waals surface area contributed by atoms with E-state index < -0.39 is 4.92 Å². The van der Waals surface area contributed by atoms with Crippen LogP contribution in [0.2, 0.25) is 0 Å². The van der Waals surface area contributed by atoms with Gasteiger partial charge in [0.15, 0.2) is 0 Å². The van der Waals surface area contributed by atoms with Crippen LogP contribution in [0.25, 0.3) is 0 Å². The van der Waals surface area contributed by atoms with Crippen LogP contribution in [0.5, 0.6) is 5.75 Å². The Hall–Kier alpha value is -1.63. The van der Waals surface area contributed by atoms with E-state index >= 15 is 0 Å². The first kappa shape index (κ1) is 16.4. The second kappa shape index (κ2) is 6.69. The number of hydrogen-bond donors (Lipinski definition) is 2. The minimum Gasteiger partial charge on any atom is -0.492 e. The molecule has 0 saturated carbocycles. The van der Waals surface area contributed by atoms with Crippen LogP contribution in [0.3, 0.4) is 0 Å². The third kappa shape index (κ3) is 4.19. The van der Waals surface area contributed by atoms with Crippen LogP contribution < -0.4 is 10.5 Å². The van der Waals surface area contributed by atoms with E-state index in [-0.39, 0.29) is 16.9 Å². The number of rotatable bonds is 7. The SMILES string of the molecule is CC(C)(CCCOc1cccc([N+](=O)[O-])c1Br)C(=N)N. The van der Waals surface area contributed by atoms with E-state index in [1.165, 1.54) is 6.07 Å². The second-order valence-corrected chi connectivity index (χ2v) is 5.89. The summed E-state index contributed by atoms with van der Waals surface area (Å²) < 4.78 is 5.88. The van der Waals surface area contributed by atoms with Crippen molar-refractivity contribution in [2.75, 3.05) is 6.61 Å². The molecule has 110 valence electrons. The summed E-state index contributed by atoms with van der Waals surface area (Å²) in [6.07, 6.45) is 1.43. The summed E-state index contributed by atoms with van der Waals surface area (Å²) in [6.45, 7) is 4.22. The summed E-state index contributed by atoms with van der Waals surface area (Å²) >= 11 is 3.18. The molecule has 3 N–H and O–H groups in total. The van der Waals surface area contributed by atoms with Gasteiger partial charge in [-0.2, -0.15) is 0 Å². The number of halogens is 1. The molecule has 0 radical (unpaired) electrons. The van der Waals surface area contributed by atoms with E-state index in [0.717, 1.165) is 6.42 Å². The molecule has 0 fully saturated rings. The minimum atomic E-state index is -0.462. The molecule has 6 nitrogen and oxygen atoms in total. The van der Waals surface area contributed by atoms with Crippen molar-refractivity contribution in [1.29, 1.82) is 5.41 Å². The fraction of sp³-hybridized carbons (Fsp3) is 0.462. The van der Waals surface area contributed by atoms with Gasteiger partial charge in [-0.1, -0.05) is 19.9 Å². The molecular formula is C13H18BrN3O3. The standard InChI is InChI=1S/C13H18BrN3O3/c1-13(2,12(15)16)7-4-8-20-10-6-3-5-9(11(10)14)17(18)19/h3,5-6H,4,7-8H2,1-2H3,(H3,15,16). The highest BCUT2D eigenvalue weighted by Crippen LogP contribution is 2.34.